The number of allylic oxidation sites excluding steroid dienone is 3. The average molecular weight is 537 g/mol. The molecule has 3 aliphatic carbocycles. The molecule has 1 saturated carbocycles. The molecule has 1 unspecified atom stereocenters. The number of methoxy groups -OCH3 is 2. The number of carboxylic acid groups (broad SMARTS) is 1. The van der Waals surface area contributed by atoms with Crippen LogP contribution < -0.4 is 9.47 Å². The predicted molar refractivity (Wildman–Crippen MR) is 152 cm³/mol. The zero-order valence-electron chi connectivity index (χ0n) is 22.6. The number of carbonyl (C=O) groups excluding carboxylic acids is 1. The summed E-state index contributed by atoms with van der Waals surface area (Å²) < 4.78 is 17.3. The quantitative estimate of drug-likeness (QED) is 0.338. The highest BCUT2D eigenvalue weighted by Crippen LogP contribution is 2.61. The van der Waals surface area contributed by atoms with Crippen LogP contribution in [0.1, 0.15) is 52.8 Å². The minimum absolute atomic E-state index is 0.00938. The van der Waals surface area contributed by atoms with Crippen LogP contribution in [0.15, 0.2) is 90.5 Å². The van der Waals surface area contributed by atoms with Crippen LogP contribution in [-0.4, -0.2) is 37.9 Å². The monoisotopic (exact) mass is 536 g/mol. The Morgan fingerprint density at radius 2 is 1.38 bits per heavy atom. The minimum atomic E-state index is -0.968. The Morgan fingerprint density at radius 1 is 0.800 bits per heavy atom. The summed E-state index contributed by atoms with van der Waals surface area (Å²) in [5.41, 5.74) is 6.29. The first kappa shape index (κ1) is 25.9. The number of para-hydroxylation sites is 2. The number of hydrogen-bond acceptors (Lipinski definition) is 5. The van der Waals surface area contributed by atoms with Crippen molar-refractivity contribution < 1.29 is 28.9 Å². The van der Waals surface area contributed by atoms with Crippen LogP contribution in [0.25, 0.3) is 5.57 Å². The Labute approximate surface area is 233 Å². The number of carboxylic acids is 1. The number of ether oxygens (including phenoxy) is 3. The number of hydrogen-bond donors (Lipinski definition) is 1. The van der Waals surface area contributed by atoms with Gasteiger partial charge in [0.25, 0.3) is 0 Å². The van der Waals surface area contributed by atoms with Gasteiger partial charge in [0, 0.05) is 17.8 Å². The Morgan fingerprint density at radius 3 is 1.98 bits per heavy atom. The van der Waals surface area contributed by atoms with E-state index in [1.165, 1.54) is 22.3 Å². The lowest BCUT2D eigenvalue weighted by atomic mass is 9.52. The molecule has 0 radical (unpaired) electrons. The van der Waals surface area contributed by atoms with E-state index < -0.39 is 35.6 Å². The van der Waals surface area contributed by atoms with E-state index in [-0.39, 0.29) is 12.5 Å². The van der Waals surface area contributed by atoms with Crippen LogP contribution in [0, 0.1) is 11.8 Å². The van der Waals surface area contributed by atoms with Gasteiger partial charge in [-0.15, -0.1) is 0 Å². The van der Waals surface area contributed by atoms with Gasteiger partial charge in [-0.25, -0.2) is 0 Å². The van der Waals surface area contributed by atoms with Crippen molar-refractivity contribution in [1.29, 1.82) is 0 Å². The van der Waals surface area contributed by atoms with Gasteiger partial charge in [-0.05, 0) is 52.8 Å². The third-order valence-electron chi connectivity index (χ3n) is 8.75. The van der Waals surface area contributed by atoms with E-state index in [1.807, 2.05) is 48.5 Å². The molecule has 0 aromatic heterocycles. The minimum Gasteiger partial charge on any atom is -0.496 e. The van der Waals surface area contributed by atoms with Crippen LogP contribution in [0.5, 0.6) is 11.5 Å². The fourth-order valence-corrected chi connectivity index (χ4v) is 7.00. The SMILES string of the molecule is COc1ccccc1[C@H]1[C@H](C(=O)O)[C@H](c2ccccc2OC)[C@H]1C(=O)OCC1C2=C(C=CCC2)c2ccccc21. The van der Waals surface area contributed by atoms with Crippen molar-refractivity contribution in [3.8, 4) is 11.5 Å². The summed E-state index contributed by atoms with van der Waals surface area (Å²) in [5, 5.41) is 10.4. The van der Waals surface area contributed by atoms with E-state index in [2.05, 4.69) is 24.3 Å². The van der Waals surface area contributed by atoms with Gasteiger partial charge in [0.2, 0.25) is 0 Å². The second-order valence-electron chi connectivity index (χ2n) is 10.6. The molecular weight excluding hydrogens is 504 g/mol. The van der Waals surface area contributed by atoms with Crippen LogP contribution in [0.2, 0.25) is 0 Å². The third-order valence-corrected chi connectivity index (χ3v) is 8.75. The van der Waals surface area contributed by atoms with E-state index >= 15 is 0 Å². The number of aliphatic carboxylic acids is 1. The van der Waals surface area contributed by atoms with Crippen molar-refractivity contribution in [2.45, 2.75) is 30.6 Å². The lowest BCUT2D eigenvalue weighted by molar-refractivity contribution is -0.164. The molecule has 204 valence electrons. The summed E-state index contributed by atoms with van der Waals surface area (Å²) in [6.45, 7) is 0.216. The molecule has 0 amide bonds. The first-order chi connectivity index (χ1) is 19.5. The number of fused-ring (bicyclic) bond motifs is 2. The molecule has 0 saturated heterocycles. The highest BCUT2D eigenvalue weighted by molar-refractivity contribution is 5.87. The zero-order chi connectivity index (χ0) is 27.8. The van der Waals surface area contributed by atoms with E-state index in [1.54, 1.807) is 26.4 Å². The normalized spacial score (nSPS) is 24.5. The second-order valence-corrected chi connectivity index (χ2v) is 10.6. The average Bonchev–Trinajstić information content (AvgIpc) is 3.29. The van der Waals surface area contributed by atoms with E-state index in [0.717, 1.165) is 12.8 Å². The van der Waals surface area contributed by atoms with Gasteiger partial charge in [0.1, 0.15) is 18.1 Å². The molecule has 0 spiro atoms. The highest BCUT2D eigenvalue weighted by atomic mass is 16.5. The Bertz CT molecular complexity index is 1460. The lowest BCUT2D eigenvalue weighted by Gasteiger charge is -2.49. The molecule has 3 aromatic carbocycles. The Balaban J connectivity index is 1.36. The summed E-state index contributed by atoms with van der Waals surface area (Å²) in [6, 6.07) is 22.9. The van der Waals surface area contributed by atoms with Crippen molar-refractivity contribution >= 4 is 17.5 Å². The van der Waals surface area contributed by atoms with Crippen molar-refractivity contribution in [2.75, 3.05) is 20.8 Å². The Kier molecular flexibility index (Phi) is 6.93. The Hall–Kier alpha value is -4.32. The first-order valence-corrected chi connectivity index (χ1v) is 13.7. The van der Waals surface area contributed by atoms with Crippen LogP contribution in [0.3, 0.4) is 0 Å². The fraction of sp³-hybridized carbons (Fsp3) is 0.294. The fourth-order valence-electron chi connectivity index (χ4n) is 7.00. The number of rotatable bonds is 8. The molecule has 1 fully saturated rings. The zero-order valence-corrected chi connectivity index (χ0v) is 22.6. The number of carbonyl (C=O) groups is 2. The van der Waals surface area contributed by atoms with E-state index in [4.69, 9.17) is 14.2 Å². The molecular formula is C34H32O6. The molecule has 6 heteroatoms. The molecule has 0 heterocycles. The van der Waals surface area contributed by atoms with Gasteiger partial charge < -0.3 is 19.3 Å². The third kappa shape index (κ3) is 4.19. The van der Waals surface area contributed by atoms with Gasteiger partial charge in [-0.2, -0.15) is 0 Å². The lowest BCUT2D eigenvalue weighted by Crippen LogP contribution is -2.51. The van der Waals surface area contributed by atoms with Gasteiger partial charge >= 0.3 is 11.9 Å². The largest absolute Gasteiger partial charge is 0.496 e. The molecule has 0 aliphatic heterocycles. The number of esters is 1. The molecule has 0 bridgehead atoms. The second kappa shape index (κ2) is 10.7. The summed E-state index contributed by atoms with van der Waals surface area (Å²) in [6.07, 6.45) is 6.27. The van der Waals surface area contributed by atoms with Crippen molar-refractivity contribution in [3.63, 3.8) is 0 Å². The number of benzene rings is 3. The predicted octanol–water partition coefficient (Wildman–Crippen LogP) is 6.35. The van der Waals surface area contributed by atoms with Gasteiger partial charge in [0.05, 0.1) is 26.1 Å². The van der Waals surface area contributed by atoms with Gasteiger partial charge in [-0.1, -0.05) is 78.4 Å². The molecule has 1 N–H and O–H groups in total. The summed E-state index contributed by atoms with van der Waals surface area (Å²) in [7, 11) is 3.11. The maximum absolute atomic E-state index is 14.1. The van der Waals surface area contributed by atoms with Crippen LogP contribution in [0.4, 0.5) is 0 Å². The molecule has 6 rings (SSSR count). The highest BCUT2D eigenvalue weighted by Gasteiger charge is 2.60. The maximum Gasteiger partial charge on any atom is 0.310 e. The molecule has 3 aromatic rings. The molecule has 6 nitrogen and oxygen atoms in total. The van der Waals surface area contributed by atoms with Gasteiger partial charge in [0.15, 0.2) is 0 Å². The summed E-state index contributed by atoms with van der Waals surface area (Å²) in [4.78, 5) is 26.8. The van der Waals surface area contributed by atoms with Crippen molar-refractivity contribution in [2.24, 2.45) is 11.8 Å². The van der Waals surface area contributed by atoms with Gasteiger partial charge in [-0.3, -0.25) is 9.59 Å². The van der Waals surface area contributed by atoms with Crippen molar-refractivity contribution in [1.82, 2.24) is 0 Å². The summed E-state index contributed by atoms with van der Waals surface area (Å²) >= 11 is 0. The maximum atomic E-state index is 14.1. The van der Waals surface area contributed by atoms with E-state index in [9.17, 15) is 14.7 Å². The first-order valence-electron chi connectivity index (χ1n) is 13.7. The molecule has 40 heavy (non-hydrogen) atoms. The van der Waals surface area contributed by atoms with Crippen LogP contribution >= 0.6 is 0 Å². The molecule has 3 atom stereocenters. The molecule has 3 aliphatic rings. The van der Waals surface area contributed by atoms with Crippen molar-refractivity contribution in [3.05, 3.63) is 113 Å². The summed E-state index contributed by atoms with van der Waals surface area (Å²) in [5.74, 6) is -3.05. The smallest absolute Gasteiger partial charge is 0.310 e. The topological polar surface area (TPSA) is 82.1 Å². The van der Waals surface area contributed by atoms with E-state index in [0.29, 0.717) is 22.6 Å². The van der Waals surface area contributed by atoms with Crippen LogP contribution in [-0.2, 0) is 14.3 Å². The standard InChI is InChI=1S/C34H32O6/c1-38-27-17-9-7-15-24(27)29-31(33(35)36)30(25-16-8-10-18-28(25)39-2)32(29)34(37)40-19-26-22-13-5-3-11-20(22)21-12-4-6-14-23(21)26/h3-5,7-13,15-18,26,29-32H,6,14,19H2,1-2H3,(H,35,36)/t26?,29-,30-,31-,32-/m0/s1.